The Bertz CT molecular complexity index is 506. The molecule has 0 saturated heterocycles. The zero-order chi connectivity index (χ0) is 13.2. The fourth-order valence-electron chi connectivity index (χ4n) is 1.63. The van der Waals surface area contributed by atoms with Crippen molar-refractivity contribution in [2.75, 3.05) is 0 Å². The third-order valence-corrected chi connectivity index (χ3v) is 5.01. The van der Waals surface area contributed by atoms with E-state index in [1.807, 2.05) is 28.9 Å². The van der Waals surface area contributed by atoms with Crippen molar-refractivity contribution in [2.45, 2.75) is 46.2 Å². The molecule has 0 amide bonds. The predicted molar refractivity (Wildman–Crippen MR) is 80.4 cm³/mol. The molecule has 4 heteroatoms. The number of thiophene rings is 1. The molecule has 0 unspecified atom stereocenters. The molecule has 0 aliphatic rings. The summed E-state index contributed by atoms with van der Waals surface area (Å²) < 4.78 is 0. The van der Waals surface area contributed by atoms with E-state index in [9.17, 15) is 0 Å². The first-order valence-electron chi connectivity index (χ1n) is 6.16. The van der Waals surface area contributed by atoms with Crippen molar-refractivity contribution in [2.24, 2.45) is 0 Å². The number of nitrogens with one attached hydrogen (secondary N) is 1. The lowest BCUT2D eigenvalue weighted by atomic mass is 9.98. The molecule has 0 aliphatic carbocycles. The van der Waals surface area contributed by atoms with E-state index in [4.69, 9.17) is 0 Å². The summed E-state index contributed by atoms with van der Waals surface area (Å²) in [6.07, 6.45) is 2.00. The van der Waals surface area contributed by atoms with Crippen LogP contribution in [0.25, 0.3) is 0 Å². The van der Waals surface area contributed by atoms with Crippen molar-refractivity contribution in [3.8, 4) is 0 Å². The molecular formula is C14H20N2S2. The van der Waals surface area contributed by atoms with Crippen LogP contribution in [0, 0.1) is 6.92 Å². The molecule has 0 radical (unpaired) electrons. The highest BCUT2D eigenvalue weighted by atomic mass is 32.1. The maximum atomic E-state index is 4.50. The second-order valence-electron chi connectivity index (χ2n) is 5.50. The van der Waals surface area contributed by atoms with E-state index < -0.39 is 0 Å². The van der Waals surface area contributed by atoms with Gasteiger partial charge >= 0.3 is 0 Å². The second-order valence-corrected chi connectivity index (χ2v) is 7.99. The van der Waals surface area contributed by atoms with Gasteiger partial charge in [-0.1, -0.05) is 20.8 Å². The Hall–Kier alpha value is -0.710. The van der Waals surface area contributed by atoms with Gasteiger partial charge in [-0.3, -0.25) is 0 Å². The lowest BCUT2D eigenvalue weighted by Gasteiger charge is -2.13. The van der Waals surface area contributed by atoms with Crippen molar-refractivity contribution in [1.82, 2.24) is 10.3 Å². The summed E-state index contributed by atoms with van der Waals surface area (Å²) in [7, 11) is 0. The fourth-order valence-corrected chi connectivity index (χ4v) is 3.42. The summed E-state index contributed by atoms with van der Waals surface area (Å²) in [6, 6.07) is 4.37. The summed E-state index contributed by atoms with van der Waals surface area (Å²) in [4.78, 5) is 8.58. The van der Waals surface area contributed by atoms with Crippen LogP contribution in [-0.4, -0.2) is 4.98 Å². The van der Waals surface area contributed by atoms with Gasteiger partial charge in [-0.2, -0.15) is 0 Å². The zero-order valence-electron chi connectivity index (χ0n) is 11.4. The maximum Gasteiger partial charge on any atom is 0.0981 e. The van der Waals surface area contributed by atoms with Crippen LogP contribution < -0.4 is 5.32 Å². The van der Waals surface area contributed by atoms with Crippen molar-refractivity contribution >= 4 is 22.7 Å². The van der Waals surface area contributed by atoms with Crippen LogP contribution in [0.2, 0.25) is 0 Å². The number of thiazole rings is 1. The number of hydrogen-bond donors (Lipinski definition) is 1. The lowest BCUT2D eigenvalue weighted by Crippen LogP contribution is -2.11. The van der Waals surface area contributed by atoms with Gasteiger partial charge in [0, 0.05) is 39.3 Å². The highest BCUT2D eigenvalue weighted by molar-refractivity contribution is 7.12. The minimum atomic E-state index is 0.160. The van der Waals surface area contributed by atoms with Crippen LogP contribution in [0.15, 0.2) is 18.3 Å². The smallest absolute Gasteiger partial charge is 0.0981 e. The van der Waals surface area contributed by atoms with Gasteiger partial charge in [0.05, 0.1) is 5.01 Å². The molecular weight excluding hydrogens is 260 g/mol. The predicted octanol–water partition coefficient (Wildman–Crippen LogP) is 4.10. The van der Waals surface area contributed by atoms with Crippen LogP contribution in [0.3, 0.4) is 0 Å². The quantitative estimate of drug-likeness (QED) is 0.912. The first kappa shape index (κ1) is 13.7. The number of rotatable bonds is 4. The van der Waals surface area contributed by atoms with Gasteiger partial charge < -0.3 is 5.32 Å². The van der Waals surface area contributed by atoms with Gasteiger partial charge in [0.25, 0.3) is 0 Å². The summed E-state index contributed by atoms with van der Waals surface area (Å²) in [5.74, 6) is 0. The van der Waals surface area contributed by atoms with Crippen molar-refractivity contribution < 1.29 is 0 Å². The van der Waals surface area contributed by atoms with Crippen LogP contribution in [0.4, 0.5) is 0 Å². The molecule has 18 heavy (non-hydrogen) atoms. The van der Waals surface area contributed by atoms with E-state index in [0.29, 0.717) is 0 Å². The SMILES string of the molecule is Cc1ccc(CNCc2cnc(C(C)(C)C)s2)s1. The van der Waals surface area contributed by atoms with Gasteiger partial charge in [-0.25, -0.2) is 4.98 Å². The first-order chi connectivity index (χ1) is 8.45. The Kier molecular flexibility index (Phi) is 4.20. The van der Waals surface area contributed by atoms with Crippen LogP contribution in [-0.2, 0) is 18.5 Å². The van der Waals surface area contributed by atoms with Gasteiger partial charge in [-0.05, 0) is 19.1 Å². The number of hydrogen-bond acceptors (Lipinski definition) is 4. The van der Waals surface area contributed by atoms with Crippen LogP contribution in [0.1, 0.15) is 40.4 Å². The van der Waals surface area contributed by atoms with Gasteiger partial charge in [-0.15, -0.1) is 22.7 Å². The van der Waals surface area contributed by atoms with Gasteiger partial charge in [0.1, 0.15) is 0 Å². The Morgan fingerprint density at radius 1 is 1.11 bits per heavy atom. The number of nitrogens with zero attached hydrogens (tertiary/aromatic N) is 1. The molecule has 0 bridgehead atoms. The van der Waals surface area contributed by atoms with E-state index in [2.05, 4.69) is 50.1 Å². The van der Waals surface area contributed by atoms with Crippen molar-refractivity contribution in [3.05, 3.63) is 38.0 Å². The molecule has 2 aromatic rings. The number of aryl methyl sites for hydroxylation is 1. The summed E-state index contributed by atoms with van der Waals surface area (Å²) in [6.45, 7) is 10.6. The lowest BCUT2D eigenvalue weighted by molar-refractivity contribution is 0.585. The molecule has 0 spiro atoms. The normalized spacial score (nSPS) is 12.0. The first-order valence-corrected chi connectivity index (χ1v) is 7.79. The Balaban J connectivity index is 1.85. The van der Waals surface area contributed by atoms with E-state index >= 15 is 0 Å². The molecule has 2 aromatic heterocycles. The molecule has 98 valence electrons. The largest absolute Gasteiger partial charge is 0.307 e. The standard InChI is InChI=1S/C14H20N2S2/c1-10-5-6-11(17-10)7-15-8-12-9-16-13(18-12)14(2,3)4/h5-6,9,15H,7-8H2,1-4H3. The molecule has 0 aliphatic heterocycles. The van der Waals surface area contributed by atoms with Crippen LogP contribution >= 0.6 is 22.7 Å². The van der Waals surface area contributed by atoms with E-state index in [-0.39, 0.29) is 5.41 Å². The molecule has 1 N–H and O–H groups in total. The summed E-state index contributed by atoms with van der Waals surface area (Å²) in [5.41, 5.74) is 0.160. The average Bonchev–Trinajstić information content (AvgIpc) is 2.87. The Labute approximate surface area is 117 Å². The minimum absolute atomic E-state index is 0.160. The minimum Gasteiger partial charge on any atom is -0.307 e. The molecule has 2 nitrogen and oxygen atoms in total. The monoisotopic (exact) mass is 280 g/mol. The maximum absolute atomic E-state index is 4.50. The van der Waals surface area contributed by atoms with Crippen LogP contribution in [0.5, 0.6) is 0 Å². The van der Waals surface area contributed by atoms with Gasteiger partial charge in [0.2, 0.25) is 0 Å². The topological polar surface area (TPSA) is 24.9 Å². The zero-order valence-corrected chi connectivity index (χ0v) is 13.0. The molecule has 2 heterocycles. The fraction of sp³-hybridized carbons (Fsp3) is 0.500. The van der Waals surface area contributed by atoms with Gasteiger partial charge in [0.15, 0.2) is 0 Å². The summed E-state index contributed by atoms with van der Waals surface area (Å²) in [5, 5.41) is 4.69. The highest BCUT2D eigenvalue weighted by Crippen LogP contribution is 2.26. The van der Waals surface area contributed by atoms with Crippen molar-refractivity contribution in [3.63, 3.8) is 0 Å². The molecule has 0 aromatic carbocycles. The van der Waals surface area contributed by atoms with E-state index in [1.165, 1.54) is 19.6 Å². The second kappa shape index (κ2) is 5.51. The average molecular weight is 280 g/mol. The van der Waals surface area contributed by atoms with E-state index in [0.717, 1.165) is 13.1 Å². The molecule has 0 saturated carbocycles. The van der Waals surface area contributed by atoms with E-state index in [1.54, 1.807) is 0 Å². The van der Waals surface area contributed by atoms with Crippen molar-refractivity contribution in [1.29, 1.82) is 0 Å². The third-order valence-electron chi connectivity index (χ3n) is 2.59. The highest BCUT2D eigenvalue weighted by Gasteiger charge is 2.17. The number of aromatic nitrogens is 1. The molecule has 0 atom stereocenters. The molecule has 0 fully saturated rings. The third kappa shape index (κ3) is 3.64. The Morgan fingerprint density at radius 2 is 1.83 bits per heavy atom. The summed E-state index contributed by atoms with van der Waals surface area (Å²) >= 11 is 3.67. The molecule has 2 rings (SSSR count). The Morgan fingerprint density at radius 3 is 2.39 bits per heavy atom.